The van der Waals surface area contributed by atoms with Gasteiger partial charge in [0.05, 0.1) is 18.2 Å². The lowest BCUT2D eigenvalue weighted by Crippen LogP contribution is -2.62. The van der Waals surface area contributed by atoms with Gasteiger partial charge < -0.3 is 4.74 Å². The molecule has 3 saturated carbocycles. The Balaban J connectivity index is 1.50. The zero-order chi connectivity index (χ0) is 19.0. The highest BCUT2D eigenvalue weighted by molar-refractivity contribution is 6.04. The molecule has 1 aromatic heterocycles. The molecule has 1 aromatic carbocycles. The number of aryl methyl sites for hydroxylation is 1. The van der Waals surface area contributed by atoms with Crippen molar-refractivity contribution < 1.29 is 19.2 Å². The fourth-order valence-electron chi connectivity index (χ4n) is 3.69. The number of rotatable bonds is 5. The first-order valence-corrected chi connectivity index (χ1v) is 8.90. The van der Waals surface area contributed by atoms with E-state index in [-0.39, 0.29) is 11.3 Å². The molecule has 0 aliphatic heterocycles. The van der Waals surface area contributed by atoms with Crippen LogP contribution in [0.1, 0.15) is 24.8 Å². The average molecular weight is 367 g/mol. The second-order valence-electron chi connectivity index (χ2n) is 7.21. The van der Waals surface area contributed by atoms with Crippen molar-refractivity contribution in [2.75, 3.05) is 12.2 Å². The van der Waals surface area contributed by atoms with Gasteiger partial charge in [0.1, 0.15) is 5.75 Å². The van der Waals surface area contributed by atoms with Crippen LogP contribution in [0, 0.1) is 18.3 Å². The van der Waals surface area contributed by atoms with E-state index in [2.05, 4.69) is 10.3 Å². The summed E-state index contributed by atoms with van der Waals surface area (Å²) >= 11 is 0. The van der Waals surface area contributed by atoms with E-state index < -0.39 is 6.03 Å². The van der Waals surface area contributed by atoms with E-state index in [1.807, 2.05) is 19.1 Å². The van der Waals surface area contributed by atoms with Gasteiger partial charge in [0, 0.05) is 18.3 Å². The van der Waals surface area contributed by atoms with Crippen molar-refractivity contribution >= 4 is 17.6 Å². The summed E-state index contributed by atoms with van der Waals surface area (Å²) in [5.74, 6) is 1.44. The predicted octanol–water partition coefficient (Wildman–Crippen LogP) is 3.59. The zero-order valence-corrected chi connectivity index (χ0v) is 15.3. The molecule has 0 unspecified atom stereocenters. The van der Waals surface area contributed by atoms with Gasteiger partial charge in [0.25, 0.3) is 0 Å². The number of hydroxylamine groups is 1. The summed E-state index contributed by atoms with van der Waals surface area (Å²) < 4.78 is 5.80. The minimum atomic E-state index is -0.611. The number of carbonyl (C=O) groups is 2. The fraction of sp³-hybridized carbons (Fsp3) is 0.350. The van der Waals surface area contributed by atoms with Gasteiger partial charge in [0.2, 0.25) is 11.8 Å². The summed E-state index contributed by atoms with van der Waals surface area (Å²) in [6.45, 7) is 1.89. The molecular formula is C20H21N3O4. The Labute approximate surface area is 157 Å². The van der Waals surface area contributed by atoms with Crippen molar-refractivity contribution in [3.05, 3.63) is 48.2 Å². The summed E-state index contributed by atoms with van der Waals surface area (Å²) in [6, 6.07) is 9.99. The van der Waals surface area contributed by atoms with E-state index in [1.54, 1.807) is 30.5 Å². The number of benzene rings is 1. The first-order chi connectivity index (χ1) is 13.0. The van der Waals surface area contributed by atoms with Crippen molar-refractivity contribution in [2.45, 2.75) is 26.2 Å². The van der Waals surface area contributed by atoms with Crippen LogP contribution in [-0.4, -0.2) is 24.0 Å². The lowest BCUT2D eigenvalue weighted by molar-refractivity contribution is -0.163. The Morgan fingerprint density at radius 2 is 2.00 bits per heavy atom. The van der Waals surface area contributed by atoms with Crippen molar-refractivity contribution in [1.82, 2.24) is 10.3 Å². The second kappa shape index (κ2) is 6.66. The number of aromatic nitrogens is 1. The van der Waals surface area contributed by atoms with Gasteiger partial charge in [-0.1, -0.05) is 12.1 Å². The van der Waals surface area contributed by atoms with Crippen LogP contribution in [0.2, 0.25) is 0 Å². The molecule has 0 atom stereocenters. The molecule has 2 bridgehead atoms. The molecule has 7 nitrogen and oxygen atoms in total. The molecule has 1 N–H and O–H groups in total. The summed E-state index contributed by atoms with van der Waals surface area (Å²) in [5.41, 5.74) is 1.00. The number of imide groups is 1. The van der Waals surface area contributed by atoms with Gasteiger partial charge >= 0.3 is 6.03 Å². The number of amides is 3. The SMILES string of the molecule is CON(C(=O)NC(=O)C12CC(C1)C2)c1ccc(C)c(Oc2ccccn2)c1. The maximum absolute atomic E-state index is 12.6. The highest BCUT2D eigenvalue weighted by Gasteiger charge is 2.61. The number of ether oxygens (including phenoxy) is 1. The smallest absolute Gasteiger partial charge is 0.352 e. The topological polar surface area (TPSA) is 80.8 Å². The minimum absolute atomic E-state index is 0.214. The lowest BCUT2D eigenvalue weighted by Gasteiger charge is -2.59. The van der Waals surface area contributed by atoms with Crippen LogP contribution in [0.3, 0.4) is 0 Å². The number of urea groups is 1. The molecule has 3 amide bonds. The number of pyridine rings is 1. The lowest BCUT2D eigenvalue weighted by atomic mass is 9.44. The normalized spacial score (nSPS) is 22.2. The highest BCUT2D eigenvalue weighted by Crippen LogP contribution is 2.64. The summed E-state index contributed by atoms with van der Waals surface area (Å²) in [4.78, 5) is 34.3. The maximum Gasteiger partial charge on any atom is 0.352 e. The van der Waals surface area contributed by atoms with Gasteiger partial charge in [-0.05, 0) is 49.8 Å². The van der Waals surface area contributed by atoms with Gasteiger partial charge in [-0.25, -0.2) is 9.78 Å². The molecular weight excluding hydrogens is 346 g/mol. The van der Waals surface area contributed by atoms with E-state index in [1.165, 1.54) is 7.11 Å². The van der Waals surface area contributed by atoms with Gasteiger partial charge in [0.15, 0.2) is 0 Å². The predicted molar refractivity (Wildman–Crippen MR) is 98.3 cm³/mol. The van der Waals surface area contributed by atoms with Crippen LogP contribution in [0.25, 0.3) is 0 Å². The molecule has 140 valence electrons. The maximum atomic E-state index is 12.6. The van der Waals surface area contributed by atoms with Crippen molar-refractivity contribution in [3.63, 3.8) is 0 Å². The molecule has 1 heterocycles. The van der Waals surface area contributed by atoms with E-state index >= 15 is 0 Å². The Morgan fingerprint density at radius 3 is 2.59 bits per heavy atom. The van der Waals surface area contributed by atoms with Crippen molar-refractivity contribution in [2.24, 2.45) is 11.3 Å². The quantitative estimate of drug-likeness (QED) is 0.817. The van der Waals surface area contributed by atoms with Crippen LogP contribution >= 0.6 is 0 Å². The van der Waals surface area contributed by atoms with E-state index in [4.69, 9.17) is 9.57 Å². The third-order valence-electron chi connectivity index (χ3n) is 5.37. The van der Waals surface area contributed by atoms with Crippen LogP contribution in [0.4, 0.5) is 10.5 Å². The molecule has 0 radical (unpaired) electrons. The number of nitrogens with zero attached hydrogens (tertiary/aromatic N) is 2. The molecule has 3 fully saturated rings. The third kappa shape index (κ3) is 3.14. The Bertz CT molecular complexity index is 867. The number of anilines is 1. The van der Waals surface area contributed by atoms with E-state index in [0.717, 1.165) is 29.9 Å². The first-order valence-electron chi connectivity index (χ1n) is 8.90. The number of hydrogen-bond donors (Lipinski definition) is 1. The summed E-state index contributed by atoms with van der Waals surface area (Å²) in [6.07, 6.45) is 4.28. The molecule has 5 rings (SSSR count). The fourth-order valence-corrected chi connectivity index (χ4v) is 3.69. The van der Waals surface area contributed by atoms with Crippen LogP contribution in [-0.2, 0) is 9.63 Å². The standard InChI is InChI=1S/C20H21N3O4/c1-13-6-7-15(9-16(13)27-17-5-3-4-8-21-17)23(26-2)19(25)22-18(24)20-10-14(11-20)12-20/h3-9,14H,10-12H2,1-2H3,(H,22,24,25). The van der Waals surface area contributed by atoms with Crippen molar-refractivity contribution in [1.29, 1.82) is 0 Å². The highest BCUT2D eigenvalue weighted by atomic mass is 16.7. The molecule has 0 spiro atoms. The largest absolute Gasteiger partial charge is 0.439 e. The molecule has 3 aliphatic carbocycles. The van der Waals surface area contributed by atoms with Crippen LogP contribution in [0.5, 0.6) is 11.6 Å². The third-order valence-corrected chi connectivity index (χ3v) is 5.37. The first kappa shape index (κ1) is 17.5. The average Bonchev–Trinajstić information content (AvgIpc) is 2.56. The monoisotopic (exact) mass is 367 g/mol. The molecule has 2 aromatic rings. The van der Waals surface area contributed by atoms with Gasteiger partial charge in [-0.2, -0.15) is 5.06 Å². The van der Waals surface area contributed by atoms with Crippen molar-refractivity contribution in [3.8, 4) is 11.6 Å². The van der Waals surface area contributed by atoms with Crippen LogP contribution in [0.15, 0.2) is 42.6 Å². The molecule has 27 heavy (non-hydrogen) atoms. The molecule has 7 heteroatoms. The zero-order valence-electron chi connectivity index (χ0n) is 15.3. The van der Waals surface area contributed by atoms with E-state index in [0.29, 0.717) is 23.2 Å². The van der Waals surface area contributed by atoms with Crippen LogP contribution < -0.4 is 15.1 Å². The molecule has 0 saturated heterocycles. The number of hydrogen-bond acceptors (Lipinski definition) is 5. The summed E-state index contributed by atoms with van der Waals surface area (Å²) in [5, 5.41) is 3.51. The minimum Gasteiger partial charge on any atom is -0.439 e. The molecule has 3 aliphatic rings. The number of carbonyl (C=O) groups excluding carboxylic acids is 2. The van der Waals surface area contributed by atoms with Gasteiger partial charge in [-0.3, -0.25) is 14.9 Å². The second-order valence-corrected chi connectivity index (χ2v) is 7.21. The Morgan fingerprint density at radius 1 is 1.22 bits per heavy atom. The van der Waals surface area contributed by atoms with Gasteiger partial charge in [-0.15, -0.1) is 0 Å². The Hall–Kier alpha value is -2.93. The number of nitrogens with one attached hydrogen (secondary N) is 1. The summed E-state index contributed by atoms with van der Waals surface area (Å²) in [7, 11) is 1.38. The Kier molecular flexibility index (Phi) is 4.31. The van der Waals surface area contributed by atoms with E-state index in [9.17, 15) is 9.59 Å².